The van der Waals surface area contributed by atoms with Crippen molar-refractivity contribution in [3.63, 3.8) is 0 Å². The van der Waals surface area contributed by atoms with E-state index in [-0.39, 0.29) is 0 Å². The van der Waals surface area contributed by atoms with E-state index in [1.807, 2.05) is 11.8 Å². The number of hydrogen-bond donors (Lipinski definition) is 1. The lowest BCUT2D eigenvalue weighted by Gasteiger charge is -2.30. The zero-order valence-electron chi connectivity index (χ0n) is 11.3. The predicted octanol–water partition coefficient (Wildman–Crippen LogP) is 4.34. The highest BCUT2D eigenvalue weighted by Crippen LogP contribution is 2.41. The third-order valence-corrected chi connectivity index (χ3v) is 4.64. The summed E-state index contributed by atoms with van der Waals surface area (Å²) in [6.45, 7) is 10.1. The van der Waals surface area contributed by atoms with E-state index in [1.54, 1.807) is 0 Å². The maximum Gasteiger partial charge on any atom is 0.0341 e. The van der Waals surface area contributed by atoms with Crippen LogP contribution >= 0.6 is 11.8 Å². The smallest absolute Gasteiger partial charge is 0.0341 e. The largest absolute Gasteiger partial charge is 0.310 e. The number of thioether (sulfide) groups is 1. The van der Waals surface area contributed by atoms with Gasteiger partial charge in [0, 0.05) is 16.2 Å². The molecule has 1 aromatic carbocycles. The average molecular weight is 249 g/mol. The highest BCUT2D eigenvalue weighted by Gasteiger charge is 2.24. The van der Waals surface area contributed by atoms with Crippen LogP contribution in [0.3, 0.4) is 0 Å². The minimum Gasteiger partial charge on any atom is -0.310 e. The predicted molar refractivity (Wildman–Crippen MR) is 76.9 cm³/mol. The maximum absolute atomic E-state index is 3.62. The summed E-state index contributed by atoms with van der Waals surface area (Å²) in [6, 6.07) is 7.56. The topological polar surface area (TPSA) is 12.0 Å². The Morgan fingerprint density at radius 3 is 2.82 bits per heavy atom. The first kappa shape index (κ1) is 13.0. The molecule has 0 aromatic heterocycles. The Hall–Kier alpha value is -0.470. The van der Waals surface area contributed by atoms with Crippen LogP contribution < -0.4 is 5.32 Å². The molecule has 1 N–H and O–H groups in total. The Kier molecular flexibility index (Phi) is 4.16. The first-order chi connectivity index (χ1) is 8.11. The van der Waals surface area contributed by atoms with Gasteiger partial charge in [-0.3, -0.25) is 0 Å². The van der Waals surface area contributed by atoms with Gasteiger partial charge in [-0.1, -0.05) is 39.8 Å². The van der Waals surface area contributed by atoms with Crippen LogP contribution in [0.5, 0.6) is 0 Å². The van der Waals surface area contributed by atoms with E-state index in [0.29, 0.717) is 12.0 Å². The SMILES string of the molecule is CCNC1CC(C)Sc2ccc(C(C)C)cc21. The summed E-state index contributed by atoms with van der Waals surface area (Å²) in [4.78, 5) is 1.47. The molecule has 2 atom stereocenters. The molecule has 0 bridgehead atoms. The molecule has 0 saturated carbocycles. The van der Waals surface area contributed by atoms with Crippen LogP contribution in [0.1, 0.15) is 57.2 Å². The normalized spacial score (nSPS) is 23.8. The lowest BCUT2D eigenvalue weighted by atomic mass is 9.95. The third-order valence-electron chi connectivity index (χ3n) is 3.42. The highest BCUT2D eigenvalue weighted by molar-refractivity contribution is 8.00. The van der Waals surface area contributed by atoms with Crippen LogP contribution in [0.25, 0.3) is 0 Å². The summed E-state index contributed by atoms with van der Waals surface area (Å²) in [6.07, 6.45) is 1.24. The minimum atomic E-state index is 0.546. The number of rotatable bonds is 3. The van der Waals surface area contributed by atoms with Gasteiger partial charge in [-0.05, 0) is 36.1 Å². The Morgan fingerprint density at radius 1 is 1.41 bits per heavy atom. The van der Waals surface area contributed by atoms with Gasteiger partial charge in [0.25, 0.3) is 0 Å². The highest BCUT2D eigenvalue weighted by atomic mass is 32.2. The summed E-state index contributed by atoms with van der Waals surface area (Å²) in [7, 11) is 0. The summed E-state index contributed by atoms with van der Waals surface area (Å²) in [5.41, 5.74) is 2.97. The molecule has 94 valence electrons. The first-order valence-corrected chi connectivity index (χ1v) is 7.53. The van der Waals surface area contributed by atoms with Crippen molar-refractivity contribution in [3.8, 4) is 0 Å². The summed E-state index contributed by atoms with van der Waals surface area (Å²) < 4.78 is 0. The van der Waals surface area contributed by atoms with Gasteiger partial charge in [0.2, 0.25) is 0 Å². The van der Waals surface area contributed by atoms with Crippen LogP contribution in [-0.4, -0.2) is 11.8 Å². The Bertz CT molecular complexity index is 387. The molecule has 0 radical (unpaired) electrons. The van der Waals surface area contributed by atoms with Crippen LogP contribution in [0.2, 0.25) is 0 Å². The fourth-order valence-electron chi connectivity index (χ4n) is 2.47. The first-order valence-electron chi connectivity index (χ1n) is 6.65. The zero-order chi connectivity index (χ0) is 12.4. The molecule has 1 aromatic rings. The van der Waals surface area contributed by atoms with Gasteiger partial charge in [-0.2, -0.15) is 0 Å². The molecule has 2 unspecified atom stereocenters. The van der Waals surface area contributed by atoms with Crippen molar-refractivity contribution in [2.75, 3.05) is 6.54 Å². The zero-order valence-corrected chi connectivity index (χ0v) is 12.1. The van der Waals surface area contributed by atoms with Crippen LogP contribution in [0.4, 0.5) is 0 Å². The second-order valence-corrected chi connectivity index (χ2v) is 6.71. The van der Waals surface area contributed by atoms with E-state index < -0.39 is 0 Å². The van der Waals surface area contributed by atoms with Crippen molar-refractivity contribution in [1.82, 2.24) is 5.32 Å². The number of nitrogens with one attached hydrogen (secondary N) is 1. The number of fused-ring (bicyclic) bond motifs is 1. The Morgan fingerprint density at radius 2 is 2.18 bits per heavy atom. The molecule has 1 aliphatic heterocycles. The fraction of sp³-hybridized carbons (Fsp3) is 0.600. The van der Waals surface area contributed by atoms with Gasteiger partial charge < -0.3 is 5.32 Å². The van der Waals surface area contributed by atoms with Crippen LogP contribution in [0, 0.1) is 0 Å². The fourth-order valence-corrected chi connectivity index (χ4v) is 3.68. The molecule has 0 fully saturated rings. The van der Waals surface area contributed by atoms with Crippen molar-refractivity contribution >= 4 is 11.8 Å². The minimum absolute atomic E-state index is 0.546. The summed E-state index contributed by atoms with van der Waals surface area (Å²) >= 11 is 2.02. The van der Waals surface area contributed by atoms with E-state index in [2.05, 4.69) is 51.2 Å². The van der Waals surface area contributed by atoms with E-state index in [9.17, 15) is 0 Å². The molecule has 17 heavy (non-hydrogen) atoms. The molecular weight excluding hydrogens is 226 g/mol. The molecule has 1 nitrogen and oxygen atoms in total. The van der Waals surface area contributed by atoms with Crippen molar-refractivity contribution < 1.29 is 0 Å². The molecule has 0 spiro atoms. The van der Waals surface area contributed by atoms with E-state index >= 15 is 0 Å². The molecule has 1 aliphatic rings. The lowest BCUT2D eigenvalue weighted by molar-refractivity contribution is 0.499. The van der Waals surface area contributed by atoms with Crippen LogP contribution in [-0.2, 0) is 0 Å². The van der Waals surface area contributed by atoms with Gasteiger partial charge in [0.15, 0.2) is 0 Å². The molecular formula is C15H23NS. The lowest BCUT2D eigenvalue weighted by Crippen LogP contribution is -2.27. The van der Waals surface area contributed by atoms with Gasteiger partial charge in [-0.15, -0.1) is 11.8 Å². The molecule has 1 heterocycles. The van der Waals surface area contributed by atoms with Crippen molar-refractivity contribution in [2.24, 2.45) is 0 Å². The van der Waals surface area contributed by atoms with Crippen molar-refractivity contribution in [2.45, 2.75) is 56.2 Å². The molecule has 0 aliphatic carbocycles. The standard InChI is InChI=1S/C15H23NS/c1-5-16-14-8-11(4)17-15-7-6-12(10(2)3)9-13(14)15/h6-7,9-11,14,16H,5,8H2,1-4H3. The van der Waals surface area contributed by atoms with Crippen LogP contribution in [0.15, 0.2) is 23.1 Å². The van der Waals surface area contributed by atoms with E-state index in [0.717, 1.165) is 11.8 Å². The molecule has 0 saturated heterocycles. The second kappa shape index (κ2) is 5.45. The monoisotopic (exact) mass is 249 g/mol. The van der Waals surface area contributed by atoms with Gasteiger partial charge in [-0.25, -0.2) is 0 Å². The third kappa shape index (κ3) is 2.86. The number of hydrogen-bond acceptors (Lipinski definition) is 2. The second-order valence-electron chi connectivity index (χ2n) is 5.23. The van der Waals surface area contributed by atoms with Gasteiger partial charge in [0.05, 0.1) is 0 Å². The molecule has 0 amide bonds. The van der Waals surface area contributed by atoms with E-state index in [4.69, 9.17) is 0 Å². The Balaban J connectivity index is 2.35. The van der Waals surface area contributed by atoms with Gasteiger partial charge in [0.1, 0.15) is 0 Å². The molecule has 2 rings (SSSR count). The van der Waals surface area contributed by atoms with E-state index in [1.165, 1.54) is 22.4 Å². The Labute approximate surface area is 109 Å². The summed E-state index contributed by atoms with van der Waals surface area (Å²) in [5, 5.41) is 4.34. The molecule has 2 heteroatoms. The van der Waals surface area contributed by atoms with Gasteiger partial charge >= 0.3 is 0 Å². The quantitative estimate of drug-likeness (QED) is 0.855. The summed E-state index contributed by atoms with van der Waals surface area (Å²) in [5.74, 6) is 0.618. The number of benzene rings is 1. The van der Waals surface area contributed by atoms with Crippen molar-refractivity contribution in [3.05, 3.63) is 29.3 Å². The average Bonchev–Trinajstić information content (AvgIpc) is 2.28. The van der Waals surface area contributed by atoms with Crippen molar-refractivity contribution in [1.29, 1.82) is 0 Å². The maximum atomic E-state index is 3.62.